The van der Waals surface area contributed by atoms with Crippen molar-refractivity contribution >= 4 is 5.71 Å². The Morgan fingerprint density at radius 2 is 1.91 bits per heavy atom. The molecule has 1 aromatic carbocycles. The summed E-state index contributed by atoms with van der Waals surface area (Å²) in [6.07, 6.45) is 10.3. The van der Waals surface area contributed by atoms with Gasteiger partial charge in [0.2, 0.25) is 0 Å². The maximum absolute atomic E-state index is 11.2. The molecule has 0 saturated heterocycles. The van der Waals surface area contributed by atoms with E-state index in [-0.39, 0.29) is 16.9 Å². The number of phenolic OH excluding ortho intramolecular Hbond substituents is 1. The predicted molar refractivity (Wildman–Crippen MR) is 138 cm³/mol. The third-order valence-corrected chi connectivity index (χ3v) is 7.73. The highest BCUT2D eigenvalue weighted by molar-refractivity contribution is 5.86. The van der Waals surface area contributed by atoms with Crippen molar-refractivity contribution in [1.29, 1.82) is 0 Å². The van der Waals surface area contributed by atoms with Crippen LogP contribution in [-0.2, 0) is 10.3 Å². The van der Waals surface area contributed by atoms with Crippen LogP contribution in [0.25, 0.3) is 0 Å². The minimum absolute atomic E-state index is 0.00689. The fourth-order valence-corrected chi connectivity index (χ4v) is 5.65. The van der Waals surface area contributed by atoms with Crippen LogP contribution in [0.2, 0.25) is 0 Å². The molecule has 1 heterocycles. The Labute approximate surface area is 202 Å². The summed E-state index contributed by atoms with van der Waals surface area (Å²) in [5.41, 5.74) is 2.99. The van der Waals surface area contributed by atoms with Crippen LogP contribution in [0.5, 0.6) is 11.5 Å². The SMILES string of the molecule is CCCCCCCC(C)(C)c1cc(O)c2c(c1)OC(C)(C)C1CC/C(=N\OCC(C)C)CC21. The first-order chi connectivity index (χ1) is 15.5. The van der Waals surface area contributed by atoms with Gasteiger partial charge in [0.05, 0.1) is 5.71 Å². The van der Waals surface area contributed by atoms with Gasteiger partial charge in [-0.3, -0.25) is 0 Å². The van der Waals surface area contributed by atoms with Crippen molar-refractivity contribution in [3.8, 4) is 11.5 Å². The van der Waals surface area contributed by atoms with Crippen molar-refractivity contribution in [2.75, 3.05) is 6.61 Å². The maximum Gasteiger partial charge on any atom is 0.127 e. The summed E-state index contributed by atoms with van der Waals surface area (Å²) in [6.45, 7) is 16.2. The van der Waals surface area contributed by atoms with Crippen molar-refractivity contribution in [3.63, 3.8) is 0 Å². The fraction of sp³-hybridized carbons (Fsp3) is 0.759. The van der Waals surface area contributed by atoms with Crippen LogP contribution in [0.4, 0.5) is 0 Å². The number of oxime groups is 1. The van der Waals surface area contributed by atoms with Crippen molar-refractivity contribution < 1.29 is 14.7 Å². The lowest BCUT2D eigenvalue weighted by Gasteiger charge is -2.48. The fourth-order valence-electron chi connectivity index (χ4n) is 5.65. The Balaban J connectivity index is 1.83. The van der Waals surface area contributed by atoms with E-state index in [9.17, 15) is 5.11 Å². The van der Waals surface area contributed by atoms with Crippen molar-refractivity contribution in [2.24, 2.45) is 17.0 Å². The molecule has 33 heavy (non-hydrogen) atoms. The van der Waals surface area contributed by atoms with E-state index >= 15 is 0 Å². The van der Waals surface area contributed by atoms with E-state index < -0.39 is 0 Å². The average molecular weight is 458 g/mol. The quantitative estimate of drug-likeness (QED) is 0.285. The van der Waals surface area contributed by atoms with Gasteiger partial charge in [0.15, 0.2) is 0 Å². The molecule has 1 N–H and O–H groups in total. The lowest BCUT2D eigenvalue weighted by atomic mass is 9.65. The summed E-state index contributed by atoms with van der Waals surface area (Å²) in [6, 6.07) is 4.21. The van der Waals surface area contributed by atoms with Crippen LogP contribution in [0.15, 0.2) is 17.3 Å². The van der Waals surface area contributed by atoms with Gasteiger partial charge in [-0.1, -0.05) is 71.9 Å². The first-order valence-electron chi connectivity index (χ1n) is 13.3. The largest absolute Gasteiger partial charge is 0.508 e. The van der Waals surface area contributed by atoms with Crippen molar-refractivity contribution in [3.05, 3.63) is 23.3 Å². The molecule has 0 bridgehead atoms. The third-order valence-electron chi connectivity index (χ3n) is 7.73. The molecule has 2 unspecified atom stereocenters. The normalized spacial score (nSPS) is 23.2. The second-order valence-corrected chi connectivity index (χ2v) is 12.0. The molecule has 4 nitrogen and oxygen atoms in total. The molecule has 2 atom stereocenters. The first-order valence-corrected chi connectivity index (χ1v) is 13.3. The minimum Gasteiger partial charge on any atom is -0.508 e. The van der Waals surface area contributed by atoms with Gasteiger partial charge >= 0.3 is 0 Å². The first kappa shape index (κ1) is 25.9. The summed E-state index contributed by atoms with van der Waals surface area (Å²) >= 11 is 0. The summed E-state index contributed by atoms with van der Waals surface area (Å²) < 4.78 is 6.58. The smallest absolute Gasteiger partial charge is 0.127 e. The molecule has 1 aliphatic heterocycles. The van der Waals surface area contributed by atoms with Gasteiger partial charge in [0, 0.05) is 17.4 Å². The Hall–Kier alpha value is -1.71. The van der Waals surface area contributed by atoms with E-state index in [4.69, 9.17) is 9.57 Å². The molecule has 2 aliphatic rings. The number of nitrogens with zero attached hydrogens (tertiary/aromatic N) is 1. The van der Waals surface area contributed by atoms with Crippen LogP contribution in [0, 0.1) is 11.8 Å². The Morgan fingerprint density at radius 3 is 2.61 bits per heavy atom. The second kappa shape index (κ2) is 10.7. The van der Waals surface area contributed by atoms with Crippen LogP contribution in [0.3, 0.4) is 0 Å². The topological polar surface area (TPSA) is 51.0 Å². The second-order valence-electron chi connectivity index (χ2n) is 12.0. The van der Waals surface area contributed by atoms with Crippen LogP contribution < -0.4 is 4.74 Å². The highest BCUT2D eigenvalue weighted by atomic mass is 16.6. The van der Waals surface area contributed by atoms with Crippen LogP contribution in [-0.4, -0.2) is 23.0 Å². The molecule has 0 amide bonds. The molecule has 0 radical (unpaired) electrons. The van der Waals surface area contributed by atoms with Gasteiger partial charge in [-0.25, -0.2) is 0 Å². The Morgan fingerprint density at radius 1 is 1.18 bits per heavy atom. The Bertz CT molecular complexity index is 824. The predicted octanol–water partition coefficient (Wildman–Crippen LogP) is 8.11. The van der Waals surface area contributed by atoms with Gasteiger partial charge < -0.3 is 14.7 Å². The van der Waals surface area contributed by atoms with E-state index in [1.807, 2.05) is 6.07 Å². The molecule has 4 heteroatoms. The highest BCUT2D eigenvalue weighted by Crippen LogP contribution is 2.54. The lowest BCUT2D eigenvalue weighted by Crippen LogP contribution is -2.47. The Kier molecular flexibility index (Phi) is 8.40. The number of benzene rings is 1. The molecule has 3 rings (SSSR count). The zero-order valence-corrected chi connectivity index (χ0v) is 22.2. The maximum atomic E-state index is 11.2. The molecule has 1 fully saturated rings. The number of rotatable bonds is 10. The summed E-state index contributed by atoms with van der Waals surface area (Å²) in [5.74, 6) is 2.28. The zero-order chi connectivity index (χ0) is 24.2. The summed E-state index contributed by atoms with van der Waals surface area (Å²) in [5, 5.41) is 15.7. The zero-order valence-electron chi connectivity index (χ0n) is 22.2. The molecule has 0 aromatic heterocycles. The number of hydrogen-bond acceptors (Lipinski definition) is 4. The number of hydrogen-bond donors (Lipinski definition) is 1. The van der Waals surface area contributed by atoms with Crippen molar-refractivity contribution in [1.82, 2.24) is 0 Å². The van der Waals surface area contributed by atoms with Crippen LogP contribution in [0.1, 0.15) is 123 Å². The van der Waals surface area contributed by atoms with Gasteiger partial charge in [-0.15, -0.1) is 0 Å². The van der Waals surface area contributed by atoms with Crippen molar-refractivity contribution in [2.45, 2.75) is 123 Å². The highest BCUT2D eigenvalue weighted by Gasteiger charge is 2.47. The molecule has 1 saturated carbocycles. The molecule has 186 valence electrons. The summed E-state index contributed by atoms with van der Waals surface area (Å²) in [7, 11) is 0. The van der Waals surface area contributed by atoms with Gasteiger partial charge in [-0.2, -0.15) is 0 Å². The molecule has 1 aliphatic carbocycles. The van der Waals surface area contributed by atoms with Gasteiger partial charge in [0.25, 0.3) is 0 Å². The average Bonchev–Trinajstić information content (AvgIpc) is 2.72. The van der Waals surface area contributed by atoms with E-state index in [0.29, 0.717) is 24.2 Å². The lowest BCUT2D eigenvalue weighted by molar-refractivity contribution is 0.00239. The molecule has 1 aromatic rings. The number of phenols is 1. The minimum atomic E-state index is -0.267. The standard InChI is InChI=1S/C29H47NO3/c1-8-9-10-11-12-15-28(4,5)21-16-25(31)27-23-18-22(30-32-19-20(2)3)13-14-24(23)29(6,7)33-26(27)17-21/h16-17,20,23-24,31H,8-15,18-19H2,1-7H3/b30-22+. The number of aromatic hydroxyl groups is 1. The molecular weight excluding hydrogens is 410 g/mol. The summed E-state index contributed by atoms with van der Waals surface area (Å²) in [4.78, 5) is 5.60. The third kappa shape index (κ3) is 6.25. The van der Waals surface area contributed by atoms with E-state index in [1.165, 1.54) is 37.7 Å². The number of fused-ring (bicyclic) bond motifs is 3. The van der Waals surface area contributed by atoms with E-state index in [2.05, 4.69) is 59.7 Å². The molecule has 0 spiro atoms. The van der Waals surface area contributed by atoms with Gasteiger partial charge in [-0.05, 0) is 68.6 Å². The number of unbranched alkanes of at least 4 members (excludes halogenated alkanes) is 4. The molecular formula is C29H47NO3. The van der Waals surface area contributed by atoms with E-state index in [1.54, 1.807) is 0 Å². The van der Waals surface area contributed by atoms with Gasteiger partial charge in [0.1, 0.15) is 23.7 Å². The van der Waals surface area contributed by atoms with Crippen LogP contribution >= 0.6 is 0 Å². The number of ether oxygens (including phenoxy) is 1. The monoisotopic (exact) mass is 457 g/mol. The van der Waals surface area contributed by atoms with E-state index in [0.717, 1.165) is 42.7 Å².